The number of hydrogen-bond acceptors (Lipinski definition) is 7. The number of aromatic nitrogens is 3. The second-order valence-electron chi connectivity index (χ2n) is 2.99. The van der Waals surface area contributed by atoms with Gasteiger partial charge in [0.05, 0.1) is 19.3 Å². The van der Waals surface area contributed by atoms with Crippen molar-refractivity contribution in [1.82, 2.24) is 15.1 Å². The Kier molecular flexibility index (Phi) is 2.86. The highest BCUT2D eigenvalue weighted by molar-refractivity contribution is 5.61. The number of nitrogens with two attached hydrogens (primary N) is 1. The van der Waals surface area contributed by atoms with Crippen molar-refractivity contribution in [3.05, 3.63) is 24.4 Å². The lowest BCUT2D eigenvalue weighted by Crippen LogP contribution is -2.06. The molecule has 2 aromatic rings. The van der Waals surface area contributed by atoms with Crippen LogP contribution in [0.2, 0.25) is 0 Å². The quantitative estimate of drug-likeness (QED) is 0.782. The summed E-state index contributed by atoms with van der Waals surface area (Å²) in [5.74, 6) is 1.55. The number of methoxy groups -OCH3 is 1. The molecule has 0 aliphatic rings. The number of nitrogens with one attached hydrogen (secondary N) is 1. The van der Waals surface area contributed by atoms with Gasteiger partial charge in [-0.1, -0.05) is 5.16 Å². The molecule has 0 atom stereocenters. The van der Waals surface area contributed by atoms with Gasteiger partial charge in [-0.2, -0.15) is 9.97 Å². The summed E-state index contributed by atoms with van der Waals surface area (Å²) >= 11 is 0. The van der Waals surface area contributed by atoms with Crippen molar-refractivity contribution in [3.63, 3.8) is 0 Å². The van der Waals surface area contributed by atoms with Gasteiger partial charge < -0.3 is 20.3 Å². The van der Waals surface area contributed by atoms with Gasteiger partial charge in [0.25, 0.3) is 0 Å². The lowest BCUT2D eigenvalue weighted by molar-refractivity contribution is 0.398. The third-order valence-corrected chi connectivity index (χ3v) is 1.93. The zero-order valence-corrected chi connectivity index (χ0v) is 8.67. The van der Waals surface area contributed by atoms with E-state index >= 15 is 0 Å². The van der Waals surface area contributed by atoms with Crippen LogP contribution in [-0.2, 0) is 6.54 Å². The highest BCUT2D eigenvalue weighted by Gasteiger charge is 2.04. The van der Waals surface area contributed by atoms with Gasteiger partial charge in [-0.3, -0.25) is 0 Å². The molecule has 0 amide bonds. The molecule has 0 bridgehead atoms. The minimum atomic E-state index is 0.390. The van der Waals surface area contributed by atoms with Crippen molar-refractivity contribution in [2.75, 3.05) is 18.2 Å². The van der Waals surface area contributed by atoms with Crippen LogP contribution in [0.15, 0.2) is 23.0 Å². The molecular weight excluding hydrogens is 210 g/mol. The summed E-state index contributed by atoms with van der Waals surface area (Å²) in [5.41, 5.74) is 6.27. The molecule has 7 heteroatoms. The molecule has 84 valence electrons. The number of hydrogen-bond donors (Lipinski definition) is 2. The second-order valence-corrected chi connectivity index (χ2v) is 2.99. The van der Waals surface area contributed by atoms with E-state index in [4.69, 9.17) is 10.5 Å². The first kappa shape index (κ1) is 10.2. The van der Waals surface area contributed by atoms with E-state index in [2.05, 4.69) is 25.0 Å². The Labute approximate surface area is 91.6 Å². The van der Waals surface area contributed by atoms with Gasteiger partial charge in [-0.25, -0.2) is 0 Å². The van der Waals surface area contributed by atoms with Crippen LogP contribution in [0.5, 0.6) is 5.88 Å². The maximum absolute atomic E-state index is 5.74. The summed E-state index contributed by atoms with van der Waals surface area (Å²) in [5, 5.41) is 6.64. The Morgan fingerprint density at radius 3 is 3.06 bits per heavy atom. The molecule has 0 unspecified atom stereocenters. The van der Waals surface area contributed by atoms with Crippen molar-refractivity contribution in [2.24, 2.45) is 0 Å². The van der Waals surface area contributed by atoms with Gasteiger partial charge in [0.2, 0.25) is 12.3 Å². The fraction of sp³-hybridized carbons (Fsp3) is 0.222. The Balaban J connectivity index is 2.08. The lowest BCUT2D eigenvalue weighted by Gasteiger charge is -2.07. The van der Waals surface area contributed by atoms with E-state index in [1.54, 1.807) is 19.2 Å². The second kappa shape index (κ2) is 4.47. The van der Waals surface area contributed by atoms with Gasteiger partial charge in [0, 0.05) is 6.07 Å². The number of nitrogens with zero attached hydrogens (tertiary/aromatic N) is 3. The molecular formula is C9H11N5O2. The molecule has 0 radical (unpaired) electrons. The summed E-state index contributed by atoms with van der Waals surface area (Å²) < 4.78 is 9.59. The van der Waals surface area contributed by atoms with Crippen molar-refractivity contribution in [2.45, 2.75) is 6.54 Å². The Morgan fingerprint density at radius 2 is 2.38 bits per heavy atom. The van der Waals surface area contributed by atoms with Gasteiger partial charge in [0.15, 0.2) is 11.6 Å². The Morgan fingerprint density at radius 1 is 1.50 bits per heavy atom. The number of nitrogen functional groups attached to an aromatic ring is 1. The maximum atomic E-state index is 5.74. The van der Waals surface area contributed by atoms with E-state index in [-0.39, 0.29) is 0 Å². The van der Waals surface area contributed by atoms with Crippen LogP contribution in [0.4, 0.5) is 11.5 Å². The van der Waals surface area contributed by atoms with E-state index in [1.807, 2.05) is 0 Å². The van der Waals surface area contributed by atoms with E-state index in [1.165, 1.54) is 6.39 Å². The van der Waals surface area contributed by atoms with Crippen molar-refractivity contribution >= 4 is 11.5 Å². The van der Waals surface area contributed by atoms with Gasteiger partial charge in [-0.15, -0.1) is 0 Å². The zero-order chi connectivity index (χ0) is 11.4. The lowest BCUT2D eigenvalue weighted by atomic mass is 10.4. The van der Waals surface area contributed by atoms with Crippen LogP contribution in [0.1, 0.15) is 5.82 Å². The van der Waals surface area contributed by atoms with Gasteiger partial charge in [-0.05, 0) is 6.07 Å². The number of rotatable bonds is 4. The summed E-state index contributed by atoms with van der Waals surface area (Å²) in [4.78, 5) is 8.01. The largest absolute Gasteiger partial charge is 0.481 e. The summed E-state index contributed by atoms with van der Waals surface area (Å²) in [6, 6.07) is 3.40. The van der Waals surface area contributed by atoms with E-state index in [9.17, 15) is 0 Å². The molecule has 7 nitrogen and oxygen atoms in total. The molecule has 2 heterocycles. The highest BCUT2D eigenvalue weighted by Crippen LogP contribution is 2.19. The molecule has 0 saturated heterocycles. The molecule has 16 heavy (non-hydrogen) atoms. The fourth-order valence-electron chi connectivity index (χ4n) is 1.14. The Hall–Kier alpha value is -2.31. The third kappa shape index (κ3) is 2.19. The topological polar surface area (TPSA) is 99.1 Å². The molecule has 0 aliphatic heterocycles. The number of ether oxygens (including phenoxy) is 1. The predicted octanol–water partition coefficient (Wildman–Crippen LogP) is 0.667. The highest BCUT2D eigenvalue weighted by atomic mass is 16.5. The van der Waals surface area contributed by atoms with E-state index in [0.717, 1.165) is 0 Å². The first-order valence-electron chi connectivity index (χ1n) is 4.59. The molecule has 0 spiro atoms. The van der Waals surface area contributed by atoms with Crippen LogP contribution in [0.3, 0.4) is 0 Å². The predicted molar refractivity (Wildman–Crippen MR) is 56.8 cm³/mol. The number of anilines is 2. The van der Waals surface area contributed by atoms with Crippen LogP contribution >= 0.6 is 0 Å². The SMILES string of the molecule is COc1ccc(N)c(NCc2ncon2)n1. The molecule has 0 fully saturated rings. The molecule has 2 aromatic heterocycles. The standard InChI is InChI=1S/C9H11N5O2/c1-15-8-3-2-6(10)9(13-8)11-4-7-12-5-16-14-7/h2-3,5H,4,10H2,1H3,(H,11,13). The van der Waals surface area contributed by atoms with Gasteiger partial charge >= 0.3 is 0 Å². The summed E-state index contributed by atoms with van der Waals surface area (Å²) in [6.07, 6.45) is 1.26. The first-order valence-corrected chi connectivity index (χ1v) is 4.59. The van der Waals surface area contributed by atoms with Crippen LogP contribution < -0.4 is 15.8 Å². The summed E-state index contributed by atoms with van der Waals surface area (Å²) in [6.45, 7) is 0.390. The van der Waals surface area contributed by atoms with Crippen LogP contribution in [0.25, 0.3) is 0 Å². The first-order chi connectivity index (χ1) is 7.79. The van der Waals surface area contributed by atoms with Crippen molar-refractivity contribution in [1.29, 1.82) is 0 Å². The normalized spacial score (nSPS) is 10.1. The monoisotopic (exact) mass is 221 g/mol. The number of pyridine rings is 1. The minimum Gasteiger partial charge on any atom is -0.481 e. The third-order valence-electron chi connectivity index (χ3n) is 1.93. The van der Waals surface area contributed by atoms with Crippen molar-refractivity contribution in [3.8, 4) is 5.88 Å². The van der Waals surface area contributed by atoms with Crippen molar-refractivity contribution < 1.29 is 9.26 Å². The maximum Gasteiger partial charge on any atom is 0.215 e. The average Bonchev–Trinajstić information content (AvgIpc) is 2.81. The molecule has 0 aliphatic carbocycles. The molecule has 3 N–H and O–H groups in total. The minimum absolute atomic E-state index is 0.390. The van der Waals surface area contributed by atoms with Crippen LogP contribution in [0, 0.1) is 0 Å². The smallest absolute Gasteiger partial charge is 0.215 e. The average molecular weight is 221 g/mol. The Bertz CT molecular complexity index is 457. The fourth-order valence-corrected chi connectivity index (χ4v) is 1.14. The van der Waals surface area contributed by atoms with E-state index < -0.39 is 0 Å². The molecule has 2 rings (SSSR count). The molecule has 0 aromatic carbocycles. The van der Waals surface area contributed by atoms with Gasteiger partial charge in [0.1, 0.15) is 0 Å². The van der Waals surface area contributed by atoms with Crippen LogP contribution in [-0.4, -0.2) is 22.2 Å². The van der Waals surface area contributed by atoms with E-state index in [0.29, 0.717) is 29.8 Å². The zero-order valence-electron chi connectivity index (χ0n) is 8.67. The summed E-state index contributed by atoms with van der Waals surface area (Å²) in [7, 11) is 1.54. The molecule has 0 saturated carbocycles.